The maximum Gasteiger partial charge on any atom is 0.294 e. The summed E-state index contributed by atoms with van der Waals surface area (Å²) in [5.41, 5.74) is 1.06. The number of phenols is 1. The molecule has 0 saturated carbocycles. The zero-order valence-corrected chi connectivity index (χ0v) is 16.0. The molecule has 0 aliphatic carbocycles. The summed E-state index contributed by atoms with van der Waals surface area (Å²) < 4.78 is 0. The SMILES string of the molecule is O=C(CN1C(=O)S/C(=C\C=C\c2ccccc2)C1=O)Nc1cc(Cl)ccc1O. The number of carbonyl (C=O) groups excluding carboxylic acids is 3. The average molecular weight is 415 g/mol. The first-order valence-electron chi connectivity index (χ1n) is 8.19. The lowest BCUT2D eigenvalue weighted by Gasteiger charge is -2.13. The van der Waals surface area contributed by atoms with E-state index in [1.807, 2.05) is 36.4 Å². The third-order valence-electron chi connectivity index (χ3n) is 3.74. The number of imide groups is 1. The number of nitrogens with one attached hydrogen (secondary N) is 1. The van der Waals surface area contributed by atoms with Crippen LogP contribution in [-0.4, -0.2) is 33.6 Å². The van der Waals surface area contributed by atoms with Crippen LogP contribution in [0.15, 0.2) is 65.6 Å². The van der Waals surface area contributed by atoms with Gasteiger partial charge in [0.25, 0.3) is 11.1 Å². The molecule has 1 fully saturated rings. The Morgan fingerprint density at radius 1 is 1.18 bits per heavy atom. The first-order chi connectivity index (χ1) is 13.4. The minimum absolute atomic E-state index is 0.103. The van der Waals surface area contributed by atoms with Gasteiger partial charge < -0.3 is 10.4 Å². The Bertz CT molecular complexity index is 989. The van der Waals surface area contributed by atoms with Crippen LogP contribution in [-0.2, 0) is 9.59 Å². The van der Waals surface area contributed by atoms with Crippen LogP contribution in [0.4, 0.5) is 10.5 Å². The van der Waals surface area contributed by atoms with Crippen LogP contribution in [0.1, 0.15) is 5.56 Å². The second-order valence-electron chi connectivity index (χ2n) is 5.77. The first kappa shape index (κ1) is 19.7. The van der Waals surface area contributed by atoms with E-state index in [4.69, 9.17) is 11.6 Å². The van der Waals surface area contributed by atoms with E-state index in [0.29, 0.717) is 5.02 Å². The fourth-order valence-corrected chi connectivity index (χ4v) is 3.36. The van der Waals surface area contributed by atoms with Crippen LogP contribution in [0.5, 0.6) is 5.75 Å². The molecule has 0 bridgehead atoms. The third kappa shape index (κ3) is 4.82. The van der Waals surface area contributed by atoms with Crippen molar-refractivity contribution >= 4 is 52.2 Å². The number of benzene rings is 2. The van der Waals surface area contributed by atoms with Gasteiger partial charge in [-0.15, -0.1) is 0 Å². The maximum atomic E-state index is 12.4. The molecule has 142 valence electrons. The summed E-state index contributed by atoms with van der Waals surface area (Å²) in [6, 6.07) is 13.7. The zero-order valence-electron chi connectivity index (χ0n) is 14.5. The van der Waals surface area contributed by atoms with Gasteiger partial charge >= 0.3 is 0 Å². The average Bonchev–Trinajstić information content (AvgIpc) is 2.93. The van der Waals surface area contributed by atoms with Crippen molar-refractivity contribution in [3.63, 3.8) is 0 Å². The van der Waals surface area contributed by atoms with Crippen molar-refractivity contribution in [2.24, 2.45) is 0 Å². The number of halogens is 1. The molecule has 0 radical (unpaired) electrons. The standard InChI is InChI=1S/C20H15ClN2O4S/c21-14-9-10-16(24)15(11-14)22-18(25)12-23-19(26)17(28-20(23)27)8-4-7-13-5-2-1-3-6-13/h1-11,24H,12H2,(H,22,25)/b7-4+,17-8-. The van der Waals surface area contributed by atoms with Crippen LogP contribution >= 0.6 is 23.4 Å². The molecule has 2 aromatic rings. The quantitative estimate of drug-likeness (QED) is 0.563. The van der Waals surface area contributed by atoms with Gasteiger partial charge in [-0.2, -0.15) is 0 Å². The highest BCUT2D eigenvalue weighted by Crippen LogP contribution is 2.31. The molecule has 0 unspecified atom stereocenters. The van der Waals surface area contributed by atoms with Crippen LogP contribution in [0, 0.1) is 0 Å². The highest BCUT2D eigenvalue weighted by molar-refractivity contribution is 8.18. The van der Waals surface area contributed by atoms with Gasteiger partial charge in [0.05, 0.1) is 10.6 Å². The molecule has 28 heavy (non-hydrogen) atoms. The largest absolute Gasteiger partial charge is 0.506 e. The summed E-state index contributed by atoms with van der Waals surface area (Å²) in [6.07, 6.45) is 5.03. The number of hydrogen-bond acceptors (Lipinski definition) is 5. The molecule has 1 aliphatic rings. The molecule has 0 aromatic heterocycles. The summed E-state index contributed by atoms with van der Waals surface area (Å²) in [5, 5.41) is 12.0. The van der Waals surface area contributed by atoms with Gasteiger partial charge in [-0.05, 0) is 41.6 Å². The summed E-state index contributed by atoms with van der Waals surface area (Å²) in [4.78, 5) is 37.7. The van der Waals surface area contributed by atoms with Gasteiger partial charge in [-0.3, -0.25) is 19.3 Å². The lowest BCUT2D eigenvalue weighted by atomic mass is 10.2. The molecular formula is C20H15ClN2O4S. The lowest BCUT2D eigenvalue weighted by Crippen LogP contribution is -2.36. The predicted molar refractivity (Wildman–Crippen MR) is 110 cm³/mol. The van der Waals surface area contributed by atoms with Crippen LogP contribution in [0.2, 0.25) is 5.02 Å². The van der Waals surface area contributed by atoms with Gasteiger partial charge in [0.15, 0.2) is 0 Å². The first-order valence-corrected chi connectivity index (χ1v) is 9.39. The van der Waals surface area contributed by atoms with E-state index in [2.05, 4.69) is 5.32 Å². The van der Waals surface area contributed by atoms with Crippen LogP contribution < -0.4 is 5.32 Å². The normalized spacial score (nSPS) is 15.6. The molecular weight excluding hydrogens is 400 g/mol. The van der Waals surface area contributed by atoms with E-state index in [-0.39, 0.29) is 16.3 Å². The van der Waals surface area contributed by atoms with Gasteiger partial charge in [0.1, 0.15) is 12.3 Å². The van der Waals surface area contributed by atoms with Gasteiger partial charge in [-0.25, -0.2) is 0 Å². The van der Waals surface area contributed by atoms with Gasteiger partial charge in [0, 0.05) is 5.02 Å². The summed E-state index contributed by atoms with van der Waals surface area (Å²) >= 11 is 6.60. The number of aromatic hydroxyl groups is 1. The van der Waals surface area contributed by atoms with E-state index in [1.54, 1.807) is 12.2 Å². The van der Waals surface area contributed by atoms with Crippen molar-refractivity contribution in [1.82, 2.24) is 4.90 Å². The molecule has 1 heterocycles. The van der Waals surface area contributed by atoms with E-state index in [1.165, 1.54) is 18.2 Å². The third-order valence-corrected chi connectivity index (χ3v) is 4.90. The summed E-state index contributed by atoms with van der Waals surface area (Å²) in [5.74, 6) is -1.34. The number of phenolic OH excluding ortho intramolecular Hbond substituents is 1. The topological polar surface area (TPSA) is 86.7 Å². The Kier molecular flexibility index (Phi) is 6.18. The summed E-state index contributed by atoms with van der Waals surface area (Å²) in [7, 11) is 0. The fraction of sp³-hybridized carbons (Fsp3) is 0.0500. The Labute approximate surface area is 170 Å². The minimum atomic E-state index is -0.624. The Hall–Kier alpha value is -3.03. The molecule has 1 aliphatic heterocycles. The molecule has 2 aromatic carbocycles. The molecule has 3 rings (SSSR count). The number of anilines is 1. The number of carbonyl (C=O) groups is 3. The molecule has 0 atom stereocenters. The van der Waals surface area contributed by atoms with Gasteiger partial charge in [0.2, 0.25) is 5.91 Å². The number of rotatable bonds is 5. The van der Waals surface area contributed by atoms with E-state index >= 15 is 0 Å². The molecule has 1 saturated heterocycles. The smallest absolute Gasteiger partial charge is 0.294 e. The lowest BCUT2D eigenvalue weighted by molar-refractivity contribution is -0.127. The predicted octanol–water partition coefficient (Wildman–Crippen LogP) is 4.28. The molecule has 8 heteroatoms. The number of amides is 3. The van der Waals surface area contributed by atoms with Crippen molar-refractivity contribution in [1.29, 1.82) is 0 Å². The van der Waals surface area contributed by atoms with Crippen molar-refractivity contribution in [2.75, 3.05) is 11.9 Å². The Morgan fingerprint density at radius 3 is 2.68 bits per heavy atom. The van der Waals surface area contributed by atoms with Crippen LogP contribution in [0.25, 0.3) is 6.08 Å². The number of thioether (sulfide) groups is 1. The number of nitrogens with zero attached hydrogens (tertiary/aromatic N) is 1. The minimum Gasteiger partial charge on any atom is -0.506 e. The van der Waals surface area contributed by atoms with E-state index in [0.717, 1.165) is 22.2 Å². The van der Waals surface area contributed by atoms with Crippen molar-refractivity contribution in [3.05, 3.63) is 76.2 Å². The van der Waals surface area contributed by atoms with E-state index < -0.39 is 23.6 Å². The zero-order chi connectivity index (χ0) is 20.1. The highest BCUT2D eigenvalue weighted by atomic mass is 35.5. The number of hydrogen-bond donors (Lipinski definition) is 2. The van der Waals surface area contributed by atoms with Gasteiger partial charge in [-0.1, -0.05) is 54.1 Å². The molecule has 2 N–H and O–H groups in total. The Balaban J connectivity index is 1.65. The maximum absolute atomic E-state index is 12.4. The molecule has 3 amide bonds. The Morgan fingerprint density at radius 2 is 1.93 bits per heavy atom. The highest BCUT2D eigenvalue weighted by Gasteiger charge is 2.36. The fourth-order valence-electron chi connectivity index (χ4n) is 2.40. The van der Waals surface area contributed by atoms with E-state index in [9.17, 15) is 19.5 Å². The second kappa shape index (κ2) is 8.77. The monoisotopic (exact) mass is 414 g/mol. The second-order valence-corrected chi connectivity index (χ2v) is 7.20. The van der Waals surface area contributed by atoms with Crippen molar-refractivity contribution in [3.8, 4) is 5.75 Å². The molecule has 0 spiro atoms. The van der Waals surface area contributed by atoms with Crippen LogP contribution in [0.3, 0.4) is 0 Å². The summed E-state index contributed by atoms with van der Waals surface area (Å²) in [6.45, 7) is -0.462. The van der Waals surface area contributed by atoms with Crippen molar-refractivity contribution < 1.29 is 19.5 Å². The number of allylic oxidation sites excluding steroid dienone is 2. The molecule has 6 nitrogen and oxygen atoms in total. The van der Waals surface area contributed by atoms with Crippen molar-refractivity contribution in [2.45, 2.75) is 0 Å².